The minimum Gasteiger partial charge on any atom is -0.472 e. The summed E-state index contributed by atoms with van der Waals surface area (Å²) in [5.41, 5.74) is 4.14. The number of nitrogens with one attached hydrogen (secondary N) is 1. The van der Waals surface area contributed by atoms with Gasteiger partial charge in [0.25, 0.3) is 0 Å². The lowest BCUT2D eigenvalue weighted by molar-refractivity contribution is 0.491. The van der Waals surface area contributed by atoms with Crippen molar-refractivity contribution in [3.63, 3.8) is 0 Å². The Bertz CT molecular complexity index is 257. The van der Waals surface area contributed by atoms with E-state index in [0.29, 0.717) is 11.3 Å². The molecular formula is C10H16N2OS. The van der Waals surface area contributed by atoms with Crippen LogP contribution in [0.15, 0.2) is 23.0 Å². The molecule has 1 fully saturated rings. The number of rotatable bonds is 4. The molecule has 2 unspecified atom stereocenters. The van der Waals surface area contributed by atoms with Gasteiger partial charge in [-0.1, -0.05) is 0 Å². The summed E-state index contributed by atoms with van der Waals surface area (Å²) in [4.78, 5) is 0. The van der Waals surface area contributed by atoms with Gasteiger partial charge in [0.15, 0.2) is 0 Å². The van der Waals surface area contributed by atoms with E-state index in [9.17, 15) is 0 Å². The Labute approximate surface area is 88.4 Å². The van der Waals surface area contributed by atoms with E-state index in [2.05, 4.69) is 5.43 Å². The van der Waals surface area contributed by atoms with Crippen molar-refractivity contribution in [1.29, 1.82) is 0 Å². The van der Waals surface area contributed by atoms with E-state index in [4.69, 9.17) is 10.3 Å². The van der Waals surface area contributed by atoms with Crippen LogP contribution in [-0.2, 0) is 6.42 Å². The Morgan fingerprint density at radius 3 is 3.21 bits per heavy atom. The number of hydrogen-bond acceptors (Lipinski definition) is 4. The molecule has 14 heavy (non-hydrogen) atoms. The van der Waals surface area contributed by atoms with E-state index in [-0.39, 0.29) is 0 Å². The molecule has 2 rings (SSSR count). The zero-order valence-corrected chi connectivity index (χ0v) is 8.93. The van der Waals surface area contributed by atoms with Gasteiger partial charge in [0.05, 0.1) is 12.5 Å². The average Bonchev–Trinajstić information content (AvgIpc) is 2.86. The summed E-state index contributed by atoms with van der Waals surface area (Å²) in [5, 5.41) is 0.662. The first-order valence-corrected chi connectivity index (χ1v) is 6.04. The molecule has 1 aromatic heterocycles. The van der Waals surface area contributed by atoms with Gasteiger partial charge in [0.1, 0.15) is 0 Å². The SMILES string of the molecule is NNC(Cc1ccoc1)C1CCCS1. The van der Waals surface area contributed by atoms with Crippen LogP contribution >= 0.6 is 11.8 Å². The predicted octanol–water partition coefficient (Wildman–Crippen LogP) is 1.55. The molecule has 0 aromatic carbocycles. The molecule has 0 spiro atoms. The number of furan rings is 1. The zero-order chi connectivity index (χ0) is 9.80. The van der Waals surface area contributed by atoms with Crippen LogP contribution in [0.3, 0.4) is 0 Å². The minimum absolute atomic E-state index is 0.375. The molecule has 3 N–H and O–H groups in total. The summed E-state index contributed by atoms with van der Waals surface area (Å²) < 4.78 is 5.05. The lowest BCUT2D eigenvalue weighted by atomic mass is 10.0. The molecule has 2 heterocycles. The summed E-state index contributed by atoms with van der Waals surface area (Å²) in [6.07, 6.45) is 7.07. The van der Waals surface area contributed by atoms with Crippen molar-refractivity contribution in [3.8, 4) is 0 Å². The maximum atomic E-state index is 5.58. The molecule has 1 aliphatic heterocycles. The molecule has 1 saturated heterocycles. The van der Waals surface area contributed by atoms with Crippen LogP contribution in [-0.4, -0.2) is 17.0 Å². The second kappa shape index (κ2) is 4.87. The van der Waals surface area contributed by atoms with Gasteiger partial charge in [-0.15, -0.1) is 0 Å². The largest absolute Gasteiger partial charge is 0.472 e. The highest BCUT2D eigenvalue weighted by Gasteiger charge is 2.24. The van der Waals surface area contributed by atoms with Crippen molar-refractivity contribution in [2.75, 3.05) is 5.75 Å². The van der Waals surface area contributed by atoms with Crippen molar-refractivity contribution >= 4 is 11.8 Å². The van der Waals surface area contributed by atoms with Crippen LogP contribution < -0.4 is 11.3 Å². The number of hydrogen-bond donors (Lipinski definition) is 2. The van der Waals surface area contributed by atoms with Crippen molar-refractivity contribution in [2.24, 2.45) is 5.84 Å². The van der Waals surface area contributed by atoms with Crippen molar-refractivity contribution in [2.45, 2.75) is 30.6 Å². The van der Waals surface area contributed by atoms with Gasteiger partial charge in [0, 0.05) is 11.3 Å². The van der Waals surface area contributed by atoms with E-state index in [1.165, 1.54) is 24.2 Å². The summed E-state index contributed by atoms with van der Waals surface area (Å²) in [5.74, 6) is 6.85. The number of thioether (sulfide) groups is 1. The fourth-order valence-electron chi connectivity index (χ4n) is 1.88. The normalized spacial score (nSPS) is 23.9. The molecule has 0 bridgehead atoms. The standard InChI is InChI=1S/C10H16N2OS/c11-12-9(10-2-1-5-14-10)6-8-3-4-13-7-8/h3-4,7,9-10,12H,1-2,5-6,11H2. The van der Waals surface area contributed by atoms with E-state index < -0.39 is 0 Å². The third-order valence-electron chi connectivity index (χ3n) is 2.66. The number of nitrogens with two attached hydrogens (primary N) is 1. The highest BCUT2D eigenvalue weighted by atomic mass is 32.2. The van der Waals surface area contributed by atoms with Crippen LogP contribution in [0, 0.1) is 0 Å². The second-order valence-electron chi connectivity index (χ2n) is 3.66. The molecule has 3 nitrogen and oxygen atoms in total. The van der Waals surface area contributed by atoms with E-state index in [1.807, 2.05) is 17.8 Å². The highest BCUT2D eigenvalue weighted by Crippen LogP contribution is 2.29. The van der Waals surface area contributed by atoms with Crippen LogP contribution in [0.4, 0.5) is 0 Å². The Morgan fingerprint density at radius 1 is 1.71 bits per heavy atom. The van der Waals surface area contributed by atoms with E-state index >= 15 is 0 Å². The summed E-state index contributed by atoms with van der Waals surface area (Å²) >= 11 is 2.02. The van der Waals surface area contributed by atoms with Crippen LogP contribution in [0.2, 0.25) is 0 Å². The van der Waals surface area contributed by atoms with Crippen molar-refractivity contribution in [3.05, 3.63) is 24.2 Å². The van der Waals surface area contributed by atoms with Gasteiger partial charge in [-0.2, -0.15) is 11.8 Å². The average molecular weight is 212 g/mol. The first kappa shape index (κ1) is 10.1. The van der Waals surface area contributed by atoms with Gasteiger partial charge in [-0.25, -0.2) is 0 Å². The van der Waals surface area contributed by atoms with Gasteiger partial charge in [-0.05, 0) is 36.6 Å². The van der Waals surface area contributed by atoms with Gasteiger partial charge < -0.3 is 4.42 Å². The molecule has 1 aliphatic rings. The smallest absolute Gasteiger partial charge is 0.0935 e. The fourth-order valence-corrected chi connectivity index (χ4v) is 3.26. The third kappa shape index (κ3) is 2.32. The zero-order valence-electron chi connectivity index (χ0n) is 8.11. The van der Waals surface area contributed by atoms with Crippen LogP contribution in [0.5, 0.6) is 0 Å². The van der Waals surface area contributed by atoms with E-state index in [0.717, 1.165) is 6.42 Å². The van der Waals surface area contributed by atoms with Crippen LogP contribution in [0.1, 0.15) is 18.4 Å². The van der Waals surface area contributed by atoms with E-state index in [1.54, 1.807) is 12.5 Å². The molecule has 2 atom stereocenters. The molecule has 78 valence electrons. The van der Waals surface area contributed by atoms with Gasteiger partial charge >= 0.3 is 0 Å². The monoisotopic (exact) mass is 212 g/mol. The number of hydrazine groups is 1. The van der Waals surface area contributed by atoms with Crippen molar-refractivity contribution < 1.29 is 4.42 Å². The van der Waals surface area contributed by atoms with Crippen molar-refractivity contribution in [1.82, 2.24) is 5.43 Å². The first-order valence-electron chi connectivity index (χ1n) is 4.99. The lowest BCUT2D eigenvalue weighted by Crippen LogP contribution is -2.43. The molecule has 0 radical (unpaired) electrons. The van der Waals surface area contributed by atoms with Gasteiger partial charge in [-0.3, -0.25) is 11.3 Å². The highest BCUT2D eigenvalue weighted by molar-refractivity contribution is 8.00. The topological polar surface area (TPSA) is 51.2 Å². The first-order chi connectivity index (χ1) is 6.90. The van der Waals surface area contributed by atoms with Gasteiger partial charge in [0.2, 0.25) is 0 Å². The quantitative estimate of drug-likeness (QED) is 0.587. The molecule has 0 aliphatic carbocycles. The summed E-state index contributed by atoms with van der Waals surface area (Å²) in [7, 11) is 0. The summed E-state index contributed by atoms with van der Waals surface area (Å²) in [6, 6.07) is 2.38. The molecule has 1 aromatic rings. The second-order valence-corrected chi connectivity index (χ2v) is 5.01. The lowest BCUT2D eigenvalue weighted by Gasteiger charge is -2.21. The minimum atomic E-state index is 0.375. The maximum absolute atomic E-state index is 5.58. The molecule has 4 heteroatoms. The Morgan fingerprint density at radius 2 is 2.64 bits per heavy atom. The Hall–Kier alpha value is -0.450. The maximum Gasteiger partial charge on any atom is 0.0935 e. The molecular weight excluding hydrogens is 196 g/mol. The Kier molecular flexibility index (Phi) is 3.50. The fraction of sp³-hybridized carbons (Fsp3) is 0.600. The Balaban J connectivity index is 1.92. The third-order valence-corrected chi connectivity index (χ3v) is 4.18. The molecule has 0 saturated carbocycles. The van der Waals surface area contributed by atoms with Crippen LogP contribution in [0.25, 0.3) is 0 Å². The summed E-state index contributed by atoms with van der Waals surface area (Å²) in [6.45, 7) is 0. The molecule has 0 amide bonds. The predicted molar refractivity (Wildman–Crippen MR) is 59.0 cm³/mol.